The number of aromatic amines is 1. The minimum absolute atomic E-state index is 0.0874. The number of H-pyrrole nitrogens is 1. The number of rotatable bonds is 4. The first-order valence-corrected chi connectivity index (χ1v) is 5.97. The number of nitrogens with zero attached hydrogens (tertiary/aromatic N) is 3. The van der Waals surface area contributed by atoms with Crippen molar-refractivity contribution in [1.82, 2.24) is 15.1 Å². The summed E-state index contributed by atoms with van der Waals surface area (Å²) in [5.41, 5.74) is 1.82. The topological polar surface area (TPSA) is 92.1 Å². The van der Waals surface area contributed by atoms with E-state index in [0.29, 0.717) is 17.7 Å². The standard InChI is InChI=1S/C13H14N4O3/c1-9-3-4-11(17(19)20)5-12(9)13(18)16(2)8-10-6-14-15-7-10/h3-7H,8H2,1-2H3,(H,14,15). The third-order valence-corrected chi connectivity index (χ3v) is 2.98. The number of amides is 1. The molecule has 7 heteroatoms. The molecule has 1 heterocycles. The molecule has 0 spiro atoms. The molecule has 104 valence electrons. The second-order valence-electron chi connectivity index (χ2n) is 4.52. The fourth-order valence-corrected chi connectivity index (χ4v) is 1.87. The van der Waals surface area contributed by atoms with Gasteiger partial charge in [-0.1, -0.05) is 6.07 Å². The molecule has 20 heavy (non-hydrogen) atoms. The lowest BCUT2D eigenvalue weighted by Gasteiger charge is -2.17. The summed E-state index contributed by atoms with van der Waals surface area (Å²) in [5.74, 6) is -0.257. The number of hydrogen-bond acceptors (Lipinski definition) is 4. The lowest BCUT2D eigenvalue weighted by molar-refractivity contribution is -0.384. The summed E-state index contributed by atoms with van der Waals surface area (Å²) in [6, 6.07) is 4.28. The van der Waals surface area contributed by atoms with Gasteiger partial charge < -0.3 is 4.90 Å². The minimum atomic E-state index is -0.508. The molecule has 0 aliphatic rings. The molecular weight excluding hydrogens is 260 g/mol. The first kappa shape index (κ1) is 13.7. The Labute approximate surface area is 115 Å². The van der Waals surface area contributed by atoms with Crippen molar-refractivity contribution in [3.05, 3.63) is 57.4 Å². The molecule has 0 aliphatic carbocycles. The van der Waals surface area contributed by atoms with Gasteiger partial charge in [-0.15, -0.1) is 0 Å². The van der Waals surface area contributed by atoms with E-state index < -0.39 is 4.92 Å². The van der Waals surface area contributed by atoms with E-state index in [0.717, 1.165) is 5.56 Å². The highest BCUT2D eigenvalue weighted by Gasteiger charge is 2.18. The third-order valence-electron chi connectivity index (χ3n) is 2.98. The Kier molecular flexibility index (Phi) is 3.79. The molecule has 0 saturated carbocycles. The molecule has 1 aromatic carbocycles. The van der Waals surface area contributed by atoms with Crippen molar-refractivity contribution in [3.63, 3.8) is 0 Å². The zero-order valence-corrected chi connectivity index (χ0v) is 11.2. The van der Waals surface area contributed by atoms with Crippen molar-refractivity contribution < 1.29 is 9.72 Å². The Morgan fingerprint density at radius 3 is 2.85 bits per heavy atom. The monoisotopic (exact) mass is 274 g/mol. The predicted molar refractivity (Wildman–Crippen MR) is 72.2 cm³/mol. The van der Waals surface area contributed by atoms with Gasteiger partial charge in [-0.05, 0) is 12.5 Å². The van der Waals surface area contributed by atoms with Gasteiger partial charge in [0.15, 0.2) is 0 Å². The number of aromatic nitrogens is 2. The lowest BCUT2D eigenvalue weighted by Crippen LogP contribution is -2.26. The Hall–Kier alpha value is -2.70. The Morgan fingerprint density at radius 2 is 2.25 bits per heavy atom. The van der Waals surface area contributed by atoms with Crippen molar-refractivity contribution in [2.75, 3.05) is 7.05 Å². The van der Waals surface area contributed by atoms with Crippen LogP contribution in [0, 0.1) is 17.0 Å². The second-order valence-corrected chi connectivity index (χ2v) is 4.52. The summed E-state index contributed by atoms with van der Waals surface area (Å²) < 4.78 is 0. The van der Waals surface area contributed by atoms with Crippen LogP contribution >= 0.6 is 0 Å². The van der Waals surface area contributed by atoms with E-state index in [2.05, 4.69) is 10.2 Å². The van der Waals surface area contributed by atoms with Gasteiger partial charge in [0.2, 0.25) is 0 Å². The molecule has 0 bridgehead atoms. The van der Waals surface area contributed by atoms with Crippen LogP contribution in [0.5, 0.6) is 0 Å². The van der Waals surface area contributed by atoms with Crippen LogP contribution in [0.4, 0.5) is 5.69 Å². The van der Waals surface area contributed by atoms with E-state index in [-0.39, 0.29) is 11.6 Å². The molecule has 0 saturated heterocycles. The molecule has 0 fully saturated rings. The molecule has 7 nitrogen and oxygen atoms in total. The second kappa shape index (κ2) is 5.52. The van der Waals surface area contributed by atoms with Gasteiger partial charge in [-0.2, -0.15) is 5.10 Å². The molecule has 0 radical (unpaired) electrons. The summed E-state index contributed by atoms with van der Waals surface area (Å²) in [6.07, 6.45) is 3.33. The quantitative estimate of drug-likeness (QED) is 0.680. The van der Waals surface area contributed by atoms with Crippen molar-refractivity contribution in [1.29, 1.82) is 0 Å². The fourth-order valence-electron chi connectivity index (χ4n) is 1.87. The van der Waals surface area contributed by atoms with Crippen LogP contribution in [0.3, 0.4) is 0 Å². The summed E-state index contributed by atoms with van der Waals surface area (Å²) in [6.45, 7) is 2.14. The van der Waals surface area contributed by atoms with Crippen molar-refractivity contribution >= 4 is 11.6 Å². The van der Waals surface area contributed by atoms with E-state index >= 15 is 0 Å². The molecule has 1 aromatic heterocycles. The molecule has 2 aromatic rings. The highest BCUT2D eigenvalue weighted by Crippen LogP contribution is 2.19. The first-order valence-electron chi connectivity index (χ1n) is 5.97. The van der Waals surface area contributed by atoms with Crippen molar-refractivity contribution in [2.45, 2.75) is 13.5 Å². The Morgan fingerprint density at radius 1 is 1.50 bits per heavy atom. The van der Waals surface area contributed by atoms with Gasteiger partial charge in [0, 0.05) is 43.0 Å². The van der Waals surface area contributed by atoms with E-state index in [4.69, 9.17) is 0 Å². The smallest absolute Gasteiger partial charge is 0.270 e. The van der Waals surface area contributed by atoms with Crippen LogP contribution < -0.4 is 0 Å². The number of nitro groups is 1. The highest BCUT2D eigenvalue weighted by atomic mass is 16.6. The molecule has 2 rings (SSSR count). The number of carbonyl (C=O) groups is 1. The van der Waals surface area contributed by atoms with Gasteiger partial charge in [0.25, 0.3) is 11.6 Å². The van der Waals surface area contributed by atoms with Crippen LogP contribution in [0.15, 0.2) is 30.6 Å². The van der Waals surface area contributed by atoms with Crippen LogP contribution in [0.25, 0.3) is 0 Å². The minimum Gasteiger partial charge on any atom is -0.337 e. The molecular formula is C13H14N4O3. The number of nitro benzene ring substituents is 1. The van der Waals surface area contributed by atoms with Crippen LogP contribution in [0.2, 0.25) is 0 Å². The van der Waals surface area contributed by atoms with E-state index in [1.807, 2.05) is 0 Å². The molecule has 0 unspecified atom stereocenters. The van der Waals surface area contributed by atoms with Gasteiger partial charge in [-0.25, -0.2) is 0 Å². The highest BCUT2D eigenvalue weighted by molar-refractivity contribution is 5.96. The van der Waals surface area contributed by atoms with Crippen LogP contribution in [-0.4, -0.2) is 33.0 Å². The number of non-ortho nitro benzene ring substituents is 1. The zero-order chi connectivity index (χ0) is 14.7. The summed E-state index contributed by atoms with van der Waals surface area (Å²) in [4.78, 5) is 24.1. The van der Waals surface area contributed by atoms with Gasteiger partial charge in [0.1, 0.15) is 0 Å². The van der Waals surface area contributed by atoms with E-state index in [1.54, 1.807) is 32.4 Å². The Balaban J connectivity index is 2.23. The maximum atomic E-state index is 12.3. The molecule has 1 amide bonds. The number of nitrogens with one attached hydrogen (secondary N) is 1. The number of hydrogen-bond donors (Lipinski definition) is 1. The molecule has 0 aliphatic heterocycles. The first-order chi connectivity index (χ1) is 9.49. The fraction of sp³-hybridized carbons (Fsp3) is 0.231. The predicted octanol–water partition coefficient (Wildman–Crippen LogP) is 1.90. The number of aryl methyl sites for hydroxylation is 1. The maximum absolute atomic E-state index is 12.3. The Bertz CT molecular complexity index is 637. The van der Waals surface area contributed by atoms with Crippen molar-refractivity contribution in [2.24, 2.45) is 0 Å². The molecule has 1 N–H and O–H groups in total. The number of carbonyl (C=O) groups excluding carboxylic acids is 1. The SMILES string of the molecule is Cc1ccc([N+](=O)[O-])cc1C(=O)N(C)Cc1cn[nH]c1. The van der Waals surface area contributed by atoms with Gasteiger partial charge in [0.05, 0.1) is 11.1 Å². The largest absolute Gasteiger partial charge is 0.337 e. The van der Waals surface area contributed by atoms with Gasteiger partial charge in [-0.3, -0.25) is 20.0 Å². The van der Waals surface area contributed by atoms with E-state index in [9.17, 15) is 14.9 Å². The summed E-state index contributed by atoms with van der Waals surface area (Å²) >= 11 is 0. The summed E-state index contributed by atoms with van der Waals surface area (Å²) in [7, 11) is 1.65. The van der Waals surface area contributed by atoms with Gasteiger partial charge >= 0.3 is 0 Å². The molecule has 0 atom stereocenters. The summed E-state index contributed by atoms with van der Waals surface area (Å²) in [5, 5.41) is 17.3. The normalized spacial score (nSPS) is 10.3. The lowest BCUT2D eigenvalue weighted by atomic mass is 10.1. The number of benzene rings is 1. The average Bonchev–Trinajstić information content (AvgIpc) is 2.91. The van der Waals surface area contributed by atoms with E-state index in [1.165, 1.54) is 17.0 Å². The third kappa shape index (κ3) is 2.82. The van der Waals surface area contributed by atoms with Crippen LogP contribution in [-0.2, 0) is 6.54 Å². The average molecular weight is 274 g/mol. The maximum Gasteiger partial charge on any atom is 0.270 e. The van der Waals surface area contributed by atoms with Crippen LogP contribution in [0.1, 0.15) is 21.5 Å². The zero-order valence-electron chi connectivity index (χ0n) is 11.2. The van der Waals surface area contributed by atoms with Crippen molar-refractivity contribution in [3.8, 4) is 0 Å².